The van der Waals surface area contributed by atoms with Crippen LogP contribution >= 0.6 is 0 Å². The molecule has 1 N–H and O–H groups in total. The van der Waals surface area contributed by atoms with Crippen molar-refractivity contribution in [3.63, 3.8) is 0 Å². The molecule has 5 rings (SSSR count). The summed E-state index contributed by atoms with van der Waals surface area (Å²) in [5.74, 6) is -2.51. The minimum Gasteiger partial charge on any atom is -0.306 e. The highest BCUT2D eigenvalue weighted by molar-refractivity contribution is 6.04. The van der Waals surface area contributed by atoms with E-state index in [-0.39, 0.29) is 28.5 Å². The second-order valence-corrected chi connectivity index (χ2v) is 10.9. The third kappa shape index (κ3) is 7.44. The highest BCUT2D eigenvalue weighted by Crippen LogP contribution is 2.39. The molecule has 0 saturated heterocycles. The average Bonchev–Trinajstić information content (AvgIpc) is 3.46. The Labute approximate surface area is 262 Å². The first-order chi connectivity index (χ1) is 21.6. The monoisotopic (exact) mass is 639 g/mol. The van der Waals surface area contributed by atoms with Gasteiger partial charge in [0.15, 0.2) is 5.82 Å². The largest absolute Gasteiger partial charge is 0.451 e. The lowest BCUT2D eigenvalue weighted by atomic mass is 9.92. The summed E-state index contributed by atoms with van der Waals surface area (Å²) in [7, 11) is 0. The van der Waals surface area contributed by atoms with E-state index in [2.05, 4.69) is 20.4 Å². The molecule has 1 amide bonds. The summed E-state index contributed by atoms with van der Waals surface area (Å²) < 4.78 is 83.1. The van der Waals surface area contributed by atoms with Gasteiger partial charge in [0.25, 0.3) is 5.91 Å². The molecule has 0 spiro atoms. The van der Waals surface area contributed by atoms with Gasteiger partial charge in [-0.2, -0.15) is 36.1 Å². The second kappa shape index (κ2) is 13.2. The summed E-state index contributed by atoms with van der Waals surface area (Å²) in [4.78, 5) is 21.1. The Bertz CT molecular complexity index is 1790. The number of benzene rings is 3. The van der Waals surface area contributed by atoms with Gasteiger partial charge in [-0.1, -0.05) is 95.3 Å². The molecule has 2 aromatic heterocycles. The maximum atomic E-state index is 14.3. The van der Waals surface area contributed by atoms with Crippen molar-refractivity contribution in [2.45, 2.75) is 52.4 Å². The predicted molar refractivity (Wildman–Crippen MR) is 164 cm³/mol. The van der Waals surface area contributed by atoms with E-state index in [1.165, 1.54) is 6.07 Å². The van der Waals surface area contributed by atoms with Crippen molar-refractivity contribution < 1.29 is 31.1 Å². The number of carbonyl (C=O) groups is 1. The lowest BCUT2D eigenvalue weighted by Crippen LogP contribution is -2.19. The van der Waals surface area contributed by atoms with Gasteiger partial charge in [0.1, 0.15) is 5.82 Å². The van der Waals surface area contributed by atoms with Crippen LogP contribution in [0.5, 0.6) is 0 Å². The van der Waals surface area contributed by atoms with Gasteiger partial charge in [0.2, 0.25) is 5.82 Å². The van der Waals surface area contributed by atoms with Crippen LogP contribution in [0.4, 0.5) is 32.2 Å². The summed E-state index contributed by atoms with van der Waals surface area (Å²) in [5.41, 5.74) is -0.158. The number of aromatic nitrogens is 4. The van der Waals surface area contributed by atoms with Crippen molar-refractivity contribution in [3.05, 3.63) is 114 Å². The molecule has 0 saturated carbocycles. The van der Waals surface area contributed by atoms with Gasteiger partial charge in [-0.25, -0.2) is 9.97 Å². The van der Waals surface area contributed by atoms with Crippen molar-refractivity contribution in [1.82, 2.24) is 19.7 Å². The molecular weight excluding hydrogens is 608 g/mol. The Morgan fingerprint density at radius 2 is 1.26 bits per heavy atom. The molecule has 0 aliphatic carbocycles. The average molecular weight is 640 g/mol. The third-order valence-electron chi connectivity index (χ3n) is 6.65. The molecule has 0 aliphatic heterocycles. The van der Waals surface area contributed by atoms with Gasteiger partial charge in [-0.05, 0) is 29.8 Å². The highest BCUT2D eigenvalue weighted by Gasteiger charge is 2.38. The molecule has 0 fully saturated rings. The van der Waals surface area contributed by atoms with Crippen LogP contribution in [0.15, 0.2) is 91.0 Å². The van der Waals surface area contributed by atoms with Crippen LogP contribution < -0.4 is 5.32 Å². The molecular formula is C34H31F6N5O. The van der Waals surface area contributed by atoms with Crippen LogP contribution in [-0.2, 0) is 17.8 Å². The van der Waals surface area contributed by atoms with Gasteiger partial charge in [0.05, 0.1) is 22.5 Å². The second-order valence-electron chi connectivity index (χ2n) is 10.9. The molecule has 2 heterocycles. The van der Waals surface area contributed by atoms with Crippen molar-refractivity contribution in [1.29, 1.82) is 0 Å². The van der Waals surface area contributed by atoms with E-state index in [1.54, 1.807) is 60.7 Å². The van der Waals surface area contributed by atoms with E-state index in [9.17, 15) is 31.1 Å². The SMILES string of the molecule is CC.CC(C)(C)c1cc(NC(=O)c2ccc(C(F)(F)F)cc2)n(-c2nc(C(F)(F)F)nc(-c3ccccc3)c2-c2ccccc2)n1. The quantitative estimate of drug-likeness (QED) is 0.195. The van der Waals surface area contributed by atoms with Crippen LogP contribution in [0.3, 0.4) is 0 Å². The Hall–Kier alpha value is -5.00. The summed E-state index contributed by atoms with van der Waals surface area (Å²) >= 11 is 0. The first kappa shape index (κ1) is 33.9. The van der Waals surface area contributed by atoms with Crippen LogP contribution in [0.25, 0.3) is 28.2 Å². The van der Waals surface area contributed by atoms with Crippen molar-refractivity contribution in [3.8, 4) is 28.2 Å². The first-order valence-electron chi connectivity index (χ1n) is 14.3. The fraction of sp³-hybridized carbons (Fsp3) is 0.235. The van der Waals surface area contributed by atoms with Gasteiger partial charge in [-0.15, -0.1) is 0 Å². The molecule has 5 aromatic rings. The van der Waals surface area contributed by atoms with Gasteiger partial charge < -0.3 is 5.32 Å². The molecule has 0 aliphatic rings. The molecule has 240 valence electrons. The smallest absolute Gasteiger partial charge is 0.306 e. The van der Waals surface area contributed by atoms with Crippen molar-refractivity contribution >= 4 is 11.7 Å². The van der Waals surface area contributed by atoms with Crippen molar-refractivity contribution in [2.24, 2.45) is 0 Å². The lowest BCUT2D eigenvalue weighted by Gasteiger charge is -2.19. The summed E-state index contributed by atoms with van der Waals surface area (Å²) in [6.07, 6.45) is -9.53. The van der Waals surface area contributed by atoms with E-state index in [1.807, 2.05) is 34.6 Å². The fourth-order valence-corrected chi connectivity index (χ4v) is 4.40. The molecule has 3 aromatic carbocycles. The van der Waals surface area contributed by atoms with Gasteiger partial charge >= 0.3 is 12.4 Å². The number of alkyl halides is 6. The minimum absolute atomic E-state index is 0.0121. The number of rotatable bonds is 5. The zero-order valence-corrected chi connectivity index (χ0v) is 25.6. The predicted octanol–water partition coefficient (Wildman–Crippen LogP) is 9.61. The van der Waals surface area contributed by atoms with E-state index >= 15 is 0 Å². The van der Waals surface area contributed by atoms with Gasteiger partial charge in [0, 0.05) is 22.6 Å². The molecule has 12 heteroatoms. The van der Waals surface area contributed by atoms with Crippen LogP contribution in [0.1, 0.15) is 62.1 Å². The maximum Gasteiger partial charge on any atom is 0.451 e. The first-order valence-corrected chi connectivity index (χ1v) is 14.3. The van der Waals surface area contributed by atoms with E-state index in [0.717, 1.165) is 28.9 Å². The maximum absolute atomic E-state index is 14.3. The lowest BCUT2D eigenvalue weighted by molar-refractivity contribution is -0.145. The van der Waals surface area contributed by atoms with Crippen LogP contribution in [0.2, 0.25) is 0 Å². The fourth-order valence-electron chi connectivity index (χ4n) is 4.40. The Morgan fingerprint density at radius 1 is 0.717 bits per heavy atom. The van der Waals surface area contributed by atoms with E-state index in [4.69, 9.17) is 0 Å². The van der Waals surface area contributed by atoms with Crippen LogP contribution in [0, 0.1) is 0 Å². The zero-order chi connectivity index (χ0) is 33.9. The Morgan fingerprint density at radius 3 is 1.76 bits per heavy atom. The number of nitrogens with zero attached hydrogens (tertiary/aromatic N) is 4. The molecule has 0 bridgehead atoms. The van der Waals surface area contributed by atoms with Crippen LogP contribution in [-0.4, -0.2) is 25.7 Å². The highest BCUT2D eigenvalue weighted by atomic mass is 19.4. The number of hydrogen-bond acceptors (Lipinski definition) is 4. The zero-order valence-electron chi connectivity index (χ0n) is 25.6. The summed E-state index contributed by atoms with van der Waals surface area (Å²) in [6.45, 7) is 9.49. The number of halogens is 6. The number of anilines is 1. The normalized spacial score (nSPS) is 11.9. The molecule has 0 unspecified atom stereocenters. The standard InChI is InChI=1S/C32H25F6N5O.C2H6/c1-30(2,3)23-18-24(39-28(44)21-14-16-22(17-15-21)31(33,34)35)43(42-23)27-25(19-10-6-4-7-11-19)26(20-12-8-5-9-13-20)40-29(41-27)32(36,37)38;1-2/h4-18H,1-3H3,(H,39,44);1-2H3. The summed E-state index contributed by atoms with van der Waals surface area (Å²) in [5, 5.41) is 7.20. The number of carbonyl (C=O) groups excluding carboxylic acids is 1. The summed E-state index contributed by atoms with van der Waals surface area (Å²) in [6, 6.07) is 21.9. The van der Waals surface area contributed by atoms with E-state index in [0.29, 0.717) is 16.8 Å². The number of hydrogen-bond donors (Lipinski definition) is 1. The Kier molecular flexibility index (Phi) is 9.69. The van der Waals surface area contributed by atoms with E-state index < -0.39 is 35.1 Å². The minimum atomic E-state index is -4.93. The topological polar surface area (TPSA) is 72.7 Å². The number of amides is 1. The molecule has 0 atom stereocenters. The van der Waals surface area contributed by atoms with Gasteiger partial charge in [-0.3, -0.25) is 4.79 Å². The Balaban J connectivity index is 0.00000235. The number of nitrogens with one attached hydrogen (secondary N) is 1. The molecule has 6 nitrogen and oxygen atoms in total. The third-order valence-corrected chi connectivity index (χ3v) is 6.65. The van der Waals surface area contributed by atoms with Crippen molar-refractivity contribution in [2.75, 3.05) is 5.32 Å². The molecule has 46 heavy (non-hydrogen) atoms. The molecule has 0 radical (unpaired) electrons.